The Bertz CT molecular complexity index is 1280. The van der Waals surface area contributed by atoms with Crippen LogP contribution in [0.2, 0.25) is 0 Å². The summed E-state index contributed by atoms with van der Waals surface area (Å²) in [6.07, 6.45) is 2.67. The van der Waals surface area contributed by atoms with Crippen molar-refractivity contribution < 1.29 is 17.8 Å². The molecule has 29 heavy (non-hydrogen) atoms. The maximum atomic E-state index is 11.3. The van der Waals surface area contributed by atoms with E-state index in [9.17, 15) is 8.42 Å². The van der Waals surface area contributed by atoms with Gasteiger partial charge in [-0.05, 0) is 41.5 Å². The number of anilines is 2. The average molecular weight is 415 g/mol. The van der Waals surface area contributed by atoms with Gasteiger partial charge >= 0.3 is 0 Å². The van der Waals surface area contributed by atoms with E-state index in [1.165, 1.54) is 0 Å². The van der Waals surface area contributed by atoms with Crippen LogP contribution in [-0.2, 0) is 16.6 Å². The third kappa shape index (κ3) is 3.82. The molecular formula is C17H17N7O4S. The summed E-state index contributed by atoms with van der Waals surface area (Å²) in [4.78, 5) is 8.79. The molecule has 0 saturated carbocycles. The van der Waals surface area contributed by atoms with Crippen LogP contribution in [0.4, 0.5) is 11.5 Å². The zero-order valence-electron chi connectivity index (χ0n) is 15.5. The molecule has 1 aromatic carbocycles. The Morgan fingerprint density at radius 2 is 2.00 bits per heavy atom. The van der Waals surface area contributed by atoms with Crippen molar-refractivity contribution in [2.24, 2.45) is 0 Å². The van der Waals surface area contributed by atoms with Crippen LogP contribution in [0.15, 0.2) is 41.2 Å². The van der Waals surface area contributed by atoms with Crippen LogP contribution in [-0.4, -0.2) is 39.5 Å². The molecule has 0 aliphatic rings. The molecule has 3 N–H and O–H groups in total. The summed E-state index contributed by atoms with van der Waals surface area (Å²) in [6.45, 7) is 2.57. The minimum absolute atomic E-state index is 0.155. The molecule has 11 nitrogen and oxygen atoms in total. The number of ether oxygens (including phenoxy) is 1. The number of imidazole rings is 1. The third-order valence-electron chi connectivity index (χ3n) is 4.03. The summed E-state index contributed by atoms with van der Waals surface area (Å²) in [5.74, 6) is 1.54. The van der Waals surface area contributed by atoms with Gasteiger partial charge in [-0.3, -0.25) is 4.72 Å². The monoisotopic (exact) mass is 415 g/mol. The van der Waals surface area contributed by atoms with E-state index in [1.807, 2.05) is 11.5 Å². The molecule has 3 aromatic heterocycles. The molecule has 0 amide bonds. The Balaban J connectivity index is 1.65. The Kier molecular flexibility index (Phi) is 4.54. The molecule has 4 rings (SSSR count). The van der Waals surface area contributed by atoms with Gasteiger partial charge in [0.05, 0.1) is 18.0 Å². The largest absolute Gasteiger partial charge is 0.439 e. The summed E-state index contributed by atoms with van der Waals surface area (Å²) < 4.78 is 37.3. The first-order chi connectivity index (χ1) is 13.8. The number of nitrogens with two attached hydrogens (primary N) is 1. The van der Waals surface area contributed by atoms with Crippen LogP contribution >= 0.6 is 0 Å². The lowest BCUT2D eigenvalue weighted by Gasteiger charge is -2.08. The first-order valence-electron chi connectivity index (χ1n) is 8.54. The van der Waals surface area contributed by atoms with Crippen molar-refractivity contribution in [3.05, 3.63) is 36.5 Å². The molecule has 0 aliphatic carbocycles. The van der Waals surface area contributed by atoms with Crippen molar-refractivity contribution in [3.8, 4) is 23.1 Å². The molecule has 150 valence electrons. The Hall–Kier alpha value is -3.67. The lowest BCUT2D eigenvalue weighted by Crippen LogP contribution is -2.09. The normalized spacial score (nSPS) is 11.7. The average Bonchev–Trinajstić information content (AvgIpc) is 3.24. The van der Waals surface area contributed by atoms with Gasteiger partial charge in [-0.25, -0.2) is 23.0 Å². The number of nitrogen functional groups attached to an aromatic ring is 1. The van der Waals surface area contributed by atoms with Gasteiger partial charge in [0.2, 0.25) is 15.9 Å². The van der Waals surface area contributed by atoms with E-state index in [2.05, 4.69) is 29.6 Å². The Morgan fingerprint density at radius 3 is 2.62 bits per heavy atom. The minimum atomic E-state index is -3.34. The highest BCUT2D eigenvalue weighted by Crippen LogP contribution is 2.29. The third-order valence-corrected chi connectivity index (χ3v) is 4.64. The quantitative estimate of drug-likeness (QED) is 0.483. The molecule has 0 atom stereocenters. The van der Waals surface area contributed by atoms with E-state index < -0.39 is 10.0 Å². The minimum Gasteiger partial charge on any atom is -0.439 e. The maximum Gasteiger partial charge on any atom is 0.229 e. The number of hydrogen-bond donors (Lipinski definition) is 2. The number of pyridine rings is 1. The summed E-state index contributed by atoms with van der Waals surface area (Å²) in [6, 6.07) is 8.24. The lowest BCUT2D eigenvalue weighted by atomic mass is 10.3. The number of sulfonamides is 1. The van der Waals surface area contributed by atoms with E-state index >= 15 is 0 Å². The predicted molar refractivity (Wildman–Crippen MR) is 106 cm³/mol. The number of aryl methyl sites for hydroxylation is 1. The van der Waals surface area contributed by atoms with Crippen LogP contribution in [0.1, 0.15) is 6.92 Å². The number of benzene rings is 1. The fourth-order valence-electron chi connectivity index (χ4n) is 2.84. The van der Waals surface area contributed by atoms with E-state index in [0.717, 1.165) is 11.8 Å². The van der Waals surface area contributed by atoms with E-state index in [0.29, 0.717) is 40.9 Å². The van der Waals surface area contributed by atoms with Gasteiger partial charge in [-0.1, -0.05) is 0 Å². The number of hydrogen-bond acceptors (Lipinski definition) is 9. The fourth-order valence-corrected chi connectivity index (χ4v) is 3.41. The Labute approximate surface area is 165 Å². The van der Waals surface area contributed by atoms with Gasteiger partial charge in [-0.15, -0.1) is 0 Å². The number of nitrogens with one attached hydrogen (secondary N) is 1. The number of nitrogens with zero attached hydrogens (tertiary/aromatic N) is 5. The van der Waals surface area contributed by atoms with Gasteiger partial charge in [0.1, 0.15) is 11.3 Å². The van der Waals surface area contributed by atoms with E-state index in [1.54, 1.807) is 36.5 Å². The van der Waals surface area contributed by atoms with E-state index in [4.69, 9.17) is 10.5 Å². The second-order valence-corrected chi connectivity index (χ2v) is 7.94. The zero-order chi connectivity index (χ0) is 20.6. The van der Waals surface area contributed by atoms with Crippen molar-refractivity contribution in [1.29, 1.82) is 0 Å². The fraction of sp³-hybridized carbons (Fsp3) is 0.176. The molecule has 0 bridgehead atoms. The first-order valence-corrected chi connectivity index (χ1v) is 10.4. The van der Waals surface area contributed by atoms with Crippen molar-refractivity contribution in [1.82, 2.24) is 24.8 Å². The van der Waals surface area contributed by atoms with Gasteiger partial charge < -0.3 is 15.0 Å². The summed E-state index contributed by atoms with van der Waals surface area (Å²) in [5, 5.41) is 7.42. The first kappa shape index (κ1) is 18.7. The van der Waals surface area contributed by atoms with Gasteiger partial charge in [0.15, 0.2) is 17.3 Å². The topological polar surface area (TPSA) is 151 Å². The van der Waals surface area contributed by atoms with Crippen LogP contribution in [0.5, 0.6) is 11.6 Å². The highest BCUT2D eigenvalue weighted by atomic mass is 32.2. The van der Waals surface area contributed by atoms with Crippen molar-refractivity contribution in [2.75, 3.05) is 16.7 Å². The van der Waals surface area contributed by atoms with Crippen LogP contribution < -0.4 is 15.2 Å². The number of rotatable bonds is 6. The lowest BCUT2D eigenvalue weighted by molar-refractivity contribution is 0.310. The van der Waals surface area contributed by atoms with Crippen LogP contribution in [0, 0.1) is 0 Å². The number of fused-ring (bicyclic) bond motifs is 1. The Morgan fingerprint density at radius 1 is 1.24 bits per heavy atom. The maximum absolute atomic E-state index is 11.3. The molecule has 0 aliphatic heterocycles. The smallest absolute Gasteiger partial charge is 0.229 e. The van der Waals surface area contributed by atoms with Crippen LogP contribution in [0.25, 0.3) is 22.6 Å². The summed E-state index contributed by atoms with van der Waals surface area (Å²) in [5.41, 5.74) is 8.02. The molecule has 4 aromatic rings. The molecule has 3 heterocycles. The van der Waals surface area contributed by atoms with Crippen molar-refractivity contribution in [2.45, 2.75) is 13.5 Å². The highest BCUT2D eigenvalue weighted by molar-refractivity contribution is 7.92. The second-order valence-electron chi connectivity index (χ2n) is 6.19. The molecule has 0 radical (unpaired) electrons. The molecular weight excluding hydrogens is 398 g/mol. The second kappa shape index (κ2) is 7.05. The molecule has 12 heteroatoms. The predicted octanol–water partition coefficient (Wildman–Crippen LogP) is 2.25. The van der Waals surface area contributed by atoms with Gasteiger partial charge in [0, 0.05) is 18.3 Å². The zero-order valence-corrected chi connectivity index (χ0v) is 16.3. The molecule has 0 fully saturated rings. The molecule has 0 unspecified atom stereocenters. The van der Waals surface area contributed by atoms with Crippen molar-refractivity contribution in [3.63, 3.8) is 0 Å². The summed E-state index contributed by atoms with van der Waals surface area (Å²) >= 11 is 0. The SMILES string of the molecule is CCn1c(-c2nonc2N)nc2cnc(Oc3ccc(NS(C)(=O)=O)cc3)cc21. The number of aromatic nitrogens is 5. The van der Waals surface area contributed by atoms with Gasteiger partial charge in [0.25, 0.3) is 0 Å². The summed E-state index contributed by atoms with van der Waals surface area (Å²) in [7, 11) is -3.34. The van der Waals surface area contributed by atoms with Crippen LogP contribution in [0.3, 0.4) is 0 Å². The highest BCUT2D eigenvalue weighted by Gasteiger charge is 2.19. The standard InChI is InChI=1S/C17H17N7O4S/c1-3-24-13-8-14(27-11-6-4-10(5-7-11)23-29(2,25)26)19-9-12(13)20-17(24)15-16(18)22-28-21-15/h4-9,23H,3H2,1-2H3,(H2,18,22). The molecule has 0 spiro atoms. The van der Waals surface area contributed by atoms with Gasteiger partial charge in [-0.2, -0.15) is 0 Å². The molecule has 0 saturated heterocycles. The van der Waals surface area contributed by atoms with Crippen molar-refractivity contribution >= 4 is 32.6 Å². The van der Waals surface area contributed by atoms with E-state index in [-0.39, 0.29) is 5.82 Å².